The van der Waals surface area contributed by atoms with Gasteiger partial charge in [0, 0.05) is 12.6 Å². The van der Waals surface area contributed by atoms with Gasteiger partial charge in [-0.3, -0.25) is 14.9 Å². The summed E-state index contributed by atoms with van der Waals surface area (Å²) in [5.74, 6) is 0.610. The van der Waals surface area contributed by atoms with E-state index in [0.717, 1.165) is 29.7 Å². The Hall–Kier alpha value is -2.74. The van der Waals surface area contributed by atoms with Crippen molar-refractivity contribution in [2.24, 2.45) is 0 Å². The average molecular weight is 356 g/mol. The monoisotopic (exact) mass is 356 g/mol. The molecule has 1 aromatic carbocycles. The normalized spacial score (nSPS) is 17.3. The number of nitrogens with zero attached hydrogens (tertiary/aromatic N) is 3. The molecule has 0 bridgehead atoms. The Morgan fingerprint density at radius 1 is 1.44 bits per heavy atom. The van der Waals surface area contributed by atoms with E-state index in [9.17, 15) is 14.9 Å². The van der Waals surface area contributed by atoms with Crippen LogP contribution in [0.3, 0.4) is 0 Å². The van der Waals surface area contributed by atoms with E-state index in [2.05, 4.69) is 9.97 Å². The Morgan fingerprint density at radius 2 is 2.24 bits per heavy atom. The van der Waals surface area contributed by atoms with Crippen molar-refractivity contribution in [3.05, 3.63) is 56.0 Å². The Kier molecular flexibility index (Phi) is 3.76. The van der Waals surface area contributed by atoms with Crippen molar-refractivity contribution in [2.75, 3.05) is 6.54 Å². The van der Waals surface area contributed by atoms with Gasteiger partial charge < -0.3 is 9.88 Å². The number of imidazole rings is 1. The van der Waals surface area contributed by atoms with Crippen LogP contribution in [0.25, 0.3) is 11.0 Å². The molecular weight excluding hydrogens is 340 g/mol. The summed E-state index contributed by atoms with van der Waals surface area (Å²) >= 11 is 1.18. The third kappa shape index (κ3) is 2.68. The minimum atomic E-state index is -0.441. The van der Waals surface area contributed by atoms with Crippen LogP contribution in [-0.2, 0) is 0 Å². The predicted molar refractivity (Wildman–Crippen MR) is 94.8 cm³/mol. The van der Waals surface area contributed by atoms with E-state index in [-0.39, 0.29) is 17.6 Å². The topological polar surface area (TPSA) is 92.1 Å². The number of likely N-dealkylation sites (tertiary alicyclic amines) is 1. The number of carbonyl (C=O) groups excluding carboxylic acids is 1. The van der Waals surface area contributed by atoms with Crippen LogP contribution in [0.15, 0.2) is 30.3 Å². The highest BCUT2D eigenvalue weighted by molar-refractivity contribution is 7.14. The van der Waals surface area contributed by atoms with Gasteiger partial charge in [0.25, 0.3) is 11.6 Å². The van der Waals surface area contributed by atoms with Crippen LogP contribution < -0.4 is 0 Å². The molecule has 1 aliphatic heterocycles. The second-order valence-electron chi connectivity index (χ2n) is 6.10. The van der Waals surface area contributed by atoms with Gasteiger partial charge >= 0.3 is 0 Å². The van der Waals surface area contributed by atoms with E-state index < -0.39 is 4.92 Å². The van der Waals surface area contributed by atoms with Crippen LogP contribution in [0.1, 0.15) is 39.3 Å². The third-order valence-electron chi connectivity index (χ3n) is 4.54. The largest absolute Gasteiger partial charge is 0.340 e. The van der Waals surface area contributed by atoms with Crippen molar-refractivity contribution in [3.8, 4) is 0 Å². The molecule has 25 heavy (non-hydrogen) atoms. The minimum Gasteiger partial charge on any atom is -0.340 e. The summed E-state index contributed by atoms with van der Waals surface area (Å²) in [5.41, 5.74) is 1.83. The van der Waals surface area contributed by atoms with Gasteiger partial charge in [0.05, 0.1) is 31.8 Å². The molecule has 0 unspecified atom stereocenters. The van der Waals surface area contributed by atoms with Crippen LogP contribution >= 0.6 is 11.3 Å². The molecular formula is C17H16N4O3S. The predicted octanol–water partition coefficient (Wildman–Crippen LogP) is 3.82. The van der Waals surface area contributed by atoms with Gasteiger partial charge in [-0.1, -0.05) is 12.1 Å². The summed E-state index contributed by atoms with van der Waals surface area (Å²) in [6.07, 6.45) is 1.72. The zero-order chi connectivity index (χ0) is 17.6. The third-order valence-corrected chi connectivity index (χ3v) is 5.56. The highest BCUT2D eigenvalue weighted by Gasteiger charge is 2.34. The number of H-pyrrole nitrogens is 1. The Bertz CT molecular complexity index is 944. The first-order valence-electron chi connectivity index (χ1n) is 8.05. The van der Waals surface area contributed by atoms with Crippen molar-refractivity contribution in [1.82, 2.24) is 14.9 Å². The molecule has 0 saturated carbocycles. The Balaban J connectivity index is 1.65. The average Bonchev–Trinajstić information content (AvgIpc) is 3.30. The van der Waals surface area contributed by atoms with E-state index in [1.54, 1.807) is 11.8 Å². The summed E-state index contributed by atoms with van der Waals surface area (Å²) in [4.78, 5) is 34.1. The SMILES string of the molecule is Cc1sc(C(=O)N2CCC[C@H]2c2nc3ccccc3[nH]2)cc1[N+](=O)[O-]. The van der Waals surface area contributed by atoms with Gasteiger partial charge in [-0.25, -0.2) is 4.98 Å². The second kappa shape index (κ2) is 5.96. The fourth-order valence-electron chi connectivity index (χ4n) is 3.33. The Labute approximate surface area is 147 Å². The van der Waals surface area contributed by atoms with E-state index in [1.165, 1.54) is 17.4 Å². The molecule has 8 heteroatoms. The van der Waals surface area contributed by atoms with Crippen molar-refractivity contribution < 1.29 is 9.72 Å². The summed E-state index contributed by atoms with van der Waals surface area (Å²) in [7, 11) is 0. The van der Waals surface area contributed by atoms with Crippen LogP contribution in [0.2, 0.25) is 0 Å². The number of thiophene rings is 1. The van der Waals surface area contributed by atoms with Crippen LogP contribution in [-0.4, -0.2) is 32.2 Å². The van der Waals surface area contributed by atoms with E-state index >= 15 is 0 Å². The summed E-state index contributed by atoms with van der Waals surface area (Å²) in [6, 6.07) is 9.02. The lowest BCUT2D eigenvalue weighted by Gasteiger charge is -2.22. The van der Waals surface area contributed by atoms with Gasteiger partial charge in [0.15, 0.2) is 0 Å². The number of benzene rings is 1. The summed E-state index contributed by atoms with van der Waals surface area (Å²) in [5, 5.41) is 11.0. The molecule has 0 radical (unpaired) electrons. The number of aromatic amines is 1. The molecule has 128 valence electrons. The number of hydrogen-bond donors (Lipinski definition) is 1. The van der Waals surface area contributed by atoms with Crippen LogP contribution in [0, 0.1) is 17.0 Å². The first-order chi connectivity index (χ1) is 12.0. The molecule has 1 atom stereocenters. The molecule has 3 aromatic rings. The van der Waals surface area contributed by atoms with E-state index in [0.29, 0.717) is 16.3 Å². The standard InChI is InChI=1S/C17H16N4O3S/c1-10-14(21(23)24)9-15(25-10)17(22)20-8-4-7-13(20)16-18-11-5-2-3-6-12(11)19-16/h2-3,5-6,9,13H,4,7-8H2,1H3,(H,18,19)/t13-/m0/s1. The quantitative estimate of drug-likeness (QED) is 0.570. The maximum atomic E-state index is 12.9. The number of rotatable bonds is 3. The number of hydrogen-bond acceptors (Lipinski definition) is 5. The van der Waals surface area contributed by atoms with Gasteiger partial charge in [0.2, 0.25) is 0 Å². The smallest absolute Gasteiger partial charge is 0.283 e. The van der Waals surface area contributed by atoms with Crippen LogP contribution in [0.4, 0.5) is 5.69 Å². The maximum Gasteiger partial charge on any atom is 0.283 e. The lowest BCUT2D eigenvalue weighted by molar-refractivity contribution is -0.385. The number of nitrogens with one attached hydrogen (secondary N) is 1. The molecule has 2 aromatic heterocycles. The number of aryl methyl sites for hydroxylation is 1. The zero-order valence-corrected chi connectivity index (χ0v) is 14.4. The molecule has 1 saturated heterocycles. The minimum absolute atomic E-state index is 0.00725. The maximum absolute atomic E-state index is 12.9. The molecule has 1 N–H and O–H groups in total. The molecule has 7 nitrogen and oxygen atoms in total. The molecule has 1 aliphatic rings. The number of para-hydroxylation sites is 2. The van der Waals surface area contributed by atoms with Crippen molar-refractivity contribution in [1.29, 1.82) is 0 Å². The van der Waals surface area contributed by atoms with Gasteiger partial charge in [-0.15, -0.1) is 11.3 Å². The molecule has 1 fully saturated rings. The lowest BCUT2D eigenvalue weighted by Crippen LogP contribution is -2.30. The van der Waals surface area contributed by atoms with Gasteiger partial charge in [-0.2, -0.15) is 0 Å². The lowest BCUT2D eigenvalue weighted by atomic mass is 10.2. The molecule has 1 amide bonds. The van der Waals surface area contributed by atoms with Crippen molar-refractivity contribution in [2.45, 2.75) is 25.8 Å². The molecule has 4 rings (SSSR count). The highest BCUT2D eigenvalue weighted by atomic mass is 32.1. The van der Waals surface area contributed by atoms with Gasteiger partial charge in [-0.05, 0) is 31.9 Å². The number of amides is 1. The number of carbonyl (C=O) groups is 1. The number of nitro groups is 1. The van der Waals surface area contributed by atoms with Crippen molar-refractivity contribution >= 4 is 34.0 Å². The molecule has 0 aliphatic carbocycles. The van der Waals surface area contributed by atoms with Gasteiger partial charge in [0.1, 0.15) is 5.82 Å². The first-order valence-corrected chi connectivity index (χ1v) is 8.86. The summed E-state index contributed by atoms with van der Waals surface area (Å²) in [6.45, 7) is 2.30. The van der Waals surface area contributed by atoms with Crippen LogP contribution in [0.5, 0.6) is 0 Å². The number of fused-ring (bicyclic) bond motifs is 1. The van der Waals surface area contributed by atoms with E-state index in [4.69, 9.17) is 0 Å². The Morgan fingerprint density at radius 3 is 2.96 bits per heavy atom. The second-order valence-corrected chi connectivity index (χ2v) is 7.36. The van der Waals surface area contributed by atoms with Crippen molar-refractivity contribution in [3.63, 3.8) is 0 Å². The highest BCUT2D eigenvalue weighted by Crippen LogP contribution is 2.35. The fraction of sp³-hybridized carbons (Fsp3) is 0.294. The molecule has 0 spiro atoms. The summed E-state index contributed by atoms with van der Waals surface area (Å²) < 4.78 is 0. The zero-order valence-electron chi connectivity index (χ0n) is 13.6. The molecule has 3 heterocycles. The van der Waals surface area contributed by atoms with E-state index in [1.807, 2.05) is 24.3 Å². The fourth-order valence-corrected chi connectivity index (χ4v) is 4.27. The number of aromatic nitrogens is 2. The first kappa shape index (κ1) is 15.8.